The lowest BCUT2D eigenvalue weighted by Gasteiger charge is -2.15. The number of carbonyl (C=O) groups is 1. The molecule has 0 bridgehead atoms. The van der Waals surface area contributed by atoms with Gasteiger partial charge in [0, 0.05) is 5.69 Å². The number of ether oxygens (including phenoxy) is 1. The quantitative estimate of drug-likeness (QED) is 0.753. The van der Waals surface area contributed by atoms with Crippen LogP contribution in [0, 0.1) is 20.8 Å². The molecule has 6 heteroatoms. The number of aromatic nitrogens is 1. The third-order valence-electron chi connectivity index (χ3n) is 4.03. The van der Waals surface area contributed by atoms with Gasteiger partial charge in [-0.3, -0.25) is 4.79 Å². The molecule has 1 amide bonds. The van der Waals surface area contributed by atoms with Crippen molar-refractivity contribution in [3.05, 3.63) is 46.5 Å². The number of aryl methyl sites for hydroxylation is 3. The average Bonchev–Trinajstić information content (AvgIpc) is 2.91. The second-order valence-corrected chi connectivity index (χ2v) is 6.73. The molecule has 5 nitrogen and oxygen atoms in total. The van der Waals surface area contributed by atoms with Crippen molar-refractivity contribution in [3.8, 4) is 5.75 Å². The van der Waals surface area contributed by atoms with Crippen molar-refractivity contribution in [2.24, 2.45) is 0 Å². The molecule has 1 aromatic heterocycles. The molecule has 0 aliphatic rings. The molecule has 0 spiro atoms. The van der Waals surface area contributed by atoms with E-state index in [9.17, 15) is 4.79 Å². The number of anilines is 2. The number of nitrogens with one attached hydrogen (secondary N) is 1. The molecular formula is C18H19N3O2S. The number of benzene rings is 2. The number of fused-ring (bicyclic) bond motifs is 1. The highest BCUT2D eigenvalue weighted by Crippen LogP contribution is 2.34. The molecular weight excluding hydrogens is 322 g/mol. The fourth-order valence-electron chi connectivity index (χ4n) is 2.88. The SMILES string of the molecule is COc1c(C)cccc1C(=O)Nc1c(C)cc2nc(N)sc2c1C. The first-order valence-electron chi connectivity index (χ1n) is 7.53. The molecule has 2 aromatic carbocycles. The summed E-state index contributed by atoms with van der Waals surface area (Å²) in [6.07, 6.45) is 0. The largest absolute Gasteiger partial charge is 0.496 e. The molecule has 0 saturated heterocycles. The van der Waals surface area contributed by atoms with E-state index in [1.807, 2.05) is 39.0 Å². The van der Waals surface area contributed by atoms with Crippen LogP contribution < -0.4 is 15.8 Å². The van der Waals surface area contributed by atoms with E-state index in [1.165, 1.54) is 11.3 Å². The Morgan fingerprint density at radius 2 is 2.00 bits per heavy atom. The zero-order valence-corrected chi connectivity index (χ0v) is 14.9. The molecule has 0 aliphatic carbocycles. The van der Waals surface area contributed by atoms with Crippen LogP contribution in [0.25, 0.3) is 10.2 Å². The summed E-state index contributed by atoms with van der Waals surface area (Å²) in [4.78, 5) is 17.1. The lowest BCUT2D eigenvalue weighted by Crippen LogP contribution is -2.15. The topological polar surface area (TPSA) is 77.2 Å². The van der Waals surface area contributed by atoms with Crippen molar-refractivity contribution in [3.63, 3.8) is 0 Å². The number of nitrogen functional groups attached to an aromatic ring is 1. The predicted octanol–water partition coefficient (Wildman–Crippen LogP) is 4.06. The first-order valence-corrected chi connectivity index (χ1v) is 8.35. The summed E-state index contributed by atoms with van der Waals surface area (Å²) >= 11 is 1.43. The molecule has 0 saturated carbocycles. The first-order chi connectivity index (χ1) is 11.4. The van der Waals surface area contributed by atoms with Gasteiger partial charge >= 0.3 is 0 Å². The van der Waals surface area contributed by atoms with E-state index >= 15 is 0 Å². The van der Waals surface area contributed by atoms with Gasteiger partial charge in [0.2, 0.25) is 0 Å². The molecule has 0 unspecified atom stereocenters. The Kier molecular flexibility index (Phi) is 4.15. The summed E-state index contributed by atoms with van der Waals surface area (Å²) in [6, 6.07) is 7.46. The molecule has 0 atom stereocenters. The van der Waals surface area contributed by atoms with Gasteiger partial charge in [-0.2, -0.15) is 0 Å². The highest BCUT2D eigenvalue weighted by molar-refractivity contribution is 7.22. The van der Waals surface area contributed by atoms with E-state index in [0.717, 1.165) is 32.6 Å². The van der Waals surface area contributed by atoms with Gasteiger partial charge in [0.1, 0.15) is 5.75 Å². The monoisotopic (exact) mass is 341 g/mol. The summed E-state index contributed by atoms with van der Waals surface area (Å²) in [5.41, 5.74) is 10.8. The minimum absolute atomic E-state index is 0.196. The number of hydrogen-bond donors (Lipinski definition) is 2. The number of para-hydroxylation sites is 1. The zero-order chi connectivity index (χ0) is 17.4. The number of methoxy groups -OCH3 is 1. The summed E-state index contributed by atoms with van der Waals surface area (Å²) in [5, 5.41) is 3.54. The van der Waals surface area contributed by atoms with Gasteiger partial charge in [-0.15, -0.1) is 0 Å². The molecule has 3 rings (SSSR count). The number of nitrogens with two attached hydrogens (primary N) is 1. The first kappa shape index (κ1) is 16.3. The van der Waals surface area contributed by atoms with Crippen molar-refractivity contribution in [2.45, 2.75) is 20.8 Å². The van der Waals surface area contributed by atoms with Crippen LogP contribution in [0.5, 0.6) is 5.75 Å². The molecule has 0 fully saturated rings. The lowest BCUT2D eigenvalue weighted by molar-refractivity contribution is 0.102. The fraction of sp³-hybridized carbons (Fsp3) is 0.222. The maximum atomic E-state index is 12.8. The van der Waals surface area contributed by atoms with Crippen molar-refractivity contribution < 1.29 is 9.53 Å². The van der Waals surface area contributed by atoms with Gasteiger partial charge in [0.15, 0.2) is 5.13 Å². The second-order valence-electron chi connectivity index (χ2n) is 5.70. The van der Waals surface area contributed by atoms with Crippen LogP contribution in [0.3, 0.4) is 0 Å². The summed E-state index contributed by atoms with van der Waals surface area (Å²) in [6.45, 7) is 5.83. The van der Waals surface area contributed by atoms with E-state index < -0.39 is 0 Å². The maximum absolute atomic E-state index is 12.8. The van der Waals surface area contributed by atoms with Gasteiger partial charge in [-0.05, 0) is 49.6 Å². The van der Waals surface area contributed by atoms with Crippen LogP contribution in [0.2, 0.25) is 0 Å². The third kappa shape index (κ3) is 2.69. The summed E-state index contributed by atoms with van der Waals surface area (Å²) < 4.78 is 6.37. The Balaban J connectivity index is 2.04. The minimum atomic E-state index is -0.196. The van der Waals surface area contributed by atoms with E-state index in [1.54, 1.807) is 13.2 Å². The zero-order valence-electron chi connectivity index (χ0n) is 14.1. The second kappa shape index (κ2) is 6.13. The number of amides is 1. The van der Waals surface area contributed by atoms with Crippen LogP contribution in [-0.4, -0.2) is 18.0 Å². The van der Waals surface area contributed by atoms with E-state index in [4.69, 9.17) is 10.5 Å². The van der Waals surface area contributed by atoms with Crippen LogP contribution in [0.4, 0.5) is 10.8 Å². The van der Waals surface area contributed by atoms with Crippen LogP contribution in [-0.2, 0) is 0 Å². The number of hydrogen-bond acceptors (Lipinski definition) is 5. The highest BCUT2D eigenvalue weighted by Gasteiger charge is 2.18. The molecule has 0 aliphatic heterocycles. The van der Waals surface area contributed by atoms with E-state index in [2.05, 4.69) is 10.3 Å². The Morgan fingerprint density at radius 3 is 2.71 bits per heavy atom. The van der Waals surface area contributed by atoms with Crippen LogP contribution >= 0.6 is 11.3 Å². The fourth-order valence-corrected chi connectivity index (χ4v) is 3.70. The number of thiazole rings is 1. The average molecular weight is 341 g/mol. The van der Waals surface area contributed by atoms with Crippen LogP contribution in [0.15, 0.2) is 24.3 Å². The molecule has 3 aromatic rings. The lowest BCUT2D eigenvalue weighted by atomic mass is 10.1. The minimum Gasteiger partial charge on any atom is -0.496 e. The third-order valence-corrected chi connectivity index (χ3v) is 5.05. The van der Waals surface area contributed by atoms with Gasteiger partial charge in [0.05, 0.1) is 22.9 Å². The van der Waals surface area contributed by atoms with Crippen molar-refractivity contribution >= 4 is 38.3 Å². The van der Waals surface area contributed by atoms with Crippen molar-refractivity contribution in [2.75, 3.05) is 18.2 Å². The van der Waals surface area contributed by atoms with Crippen LogP contribution in [0.1, 0.15) is 27.0 Å². The Labute approximate surface area is 144 Å². The predicted molar refractivity (Wildman–Crippen MR) is 99.2 cm³/mol. The normalized spacial score (nSPS) is 10.8. The molecule has 0 radical (unpaired) electrons. The van der Waals surface area contributed by atoms with Crippen molar-refractivity contribution in [1.29, 1.82) is 0 Å². The molecule has 1 heterocycles. The standard InChI is InChI=1S/C18H19N3O2S/c1-9-6-5-7-12(15(9)23-4)17(22)21-14-10(2)8-13-16(11(14)3)24-18(19)20-13/h5-8H,1-4H3,(H2,19,20)(H,21,22). The Morgan fingerprint density at radius 1 is 1.25 bits per heavy atom. The Bertz CT molecular complexity index is 947. The number of nitrogens with zero attached hydrogens (tertiary/aromatic N) is 1. The van der Waals surface area contributed by atoms with E-state index in [-0.39, 0.29) is 5.91 Å². The summed E-state index contributed by atoms with van der Waals surface area (Å²) in [7, 11) is 1.57. The van der Waals surface area contributed by atoms with E-state index in [0.29, 0.717) is 16.4 Å². The highest BCUT2D eigenvalue weighted by atomic mass is 32.1. The van der Waals surface area contributed by atoms with Gasteiger partial charge < -0.3 is 15.8 Å². The Hall–Kier alpha value is -2.60. The van der Waals surface area contributed by atoms with Gasteiger partial charge in [-0.25, -0.2) is 4.98 Å². The number of rotatable bonds is 3. The molecule has 24 heavy (non-hydrogen) atoms. The maximum Gasteiger partial charge on any atom is 0.259 e. The molecule has 3 N–H and O–H groups in total. The number of carbonyl (C=O) groups excluding carboxylic acids is 1. The van der Waals surface area contributed by atoms with Gasteiger partial charge in [-0.1, -0.05) is 23.5 Å². The van der Waals surface area contributed by atoms with Crippen molar-refractivity contribution in [1.82, 2.24) is 4.98 Å². The smallest absolute Gasteiger partial charge is 0.259 e. The summed E-state index contributed by atoms with van der Waals surface area (Å²) in [5.74, 6) is 0.395. The van der Waals surface area contributed by atoms with Gasteiger partial charge in [0.25, 0.3) is 5.91 Å². The molecule has 124 valence electrons.